The van der Waals surface area contributed by atoms with E-state index in [1.807, 2.05) is 0 Å². The van der Waals surface area contributed by atoms with Crippen LogP contribution >= 0.6 is 0 Å². The maximum atomic E-state index is 11.4. The molecular weight excluding hydrogens is 220 g/mol. The topological polar surface area (TPSA) is 74.8 Å². The molecular formula is C12H10N2O3. The lowest BCUT2D eigenvalue weighted by Crippen LogP contribution is -2.00. The van der Waals surface area contributed by atoms with Gasteiger partial charge in [-0.2, -0.15) is 5.10 Å². The number of phenolic OH excluding ortho intramolecular Hbond substituents is 1. The molecule has 0 aliphatic carbocycles. The molecule has 0 radical (unpaired) electrons. The molecule has 0 aliphatic heterocycles. The molecule has 5 nitrogen and oxygen atoms in total. The number of furan rings is 1. The zero-order chi connectivity index (χ0) is 12.1. The van der Waals surface area contributed by atoms with Crippen molar-refractivity contribution in [2.45, 2.75) is 0 Å². The fraction of sp³-hybridized carbons (Fsp3) is 0. The zero-order valence-corrected chi connectivity index (χ0v) is 8.83. The van der Waals surface area contributed by atoms with Crippen LogP contribution in [0, 0.1) is 0 Å². The molecule has 86 valence electrons. The Balaban J connectivity index is 1.96. The predicted octanol–water partition coefficient (Wildman–Crippen LogP) is 2.27. The summed E-state index contributed by atoms with van der Waals surface area (Å²) in [5.74, 6) is 0.0247. The van der Waals surface area contributed by atoms with Crippen molar-refractivity contribution in [1.82, 2.24) is 0 Å². The van der Waals surface area contributed by atoms with Crippen LogP contribution in [0.3, 0.4) is 0 Å². The summed E-state index contributed by atoms with van der Waals surface area (Å²) in [7, 11) is 0. The van der Waals surface area contributed by atoms with Gasteiger partial charge in [0.15, 0.2) is 5.76 Å². The van der Waals surface area contributed by atoms with Gasteiger partial charge < -0.3 is 9.52 Å². The number of hydrogen-bond acceptors (Lipinski definition) is 5. The number of nitrogens with zero attached hydrogens (tertiary/aromatic N) is 1. The largest absolute Gasteiger partial charge is 0.508 e. The van der Waals surface area contributed by atoms with E-state index in [0.717, 1.165) is 6.21 Å². The fourth-order valence-electron chi connectivity index (χ4n) is 1.22. The van der Waals surface area contributed by atoms with Crippen LogP contribution in [-0.4, -0.2) is 17.1 Å². The molecule has 0 unspecified atom stereocenters. The number of nitrogens with one attached hydrogen (secondary N) is 1. The molecule has 0 aliphatic rings. The van der Waals surface area contributed by atoms with Gasteiger partial charge >= 0.3 is 0 Å². The Morgan fingerprint density at radius 1 is 1.35 bits per heavy atom. The van der Waals surface area contributed by atoms with Crippen molar-refractivity contribution in [2.75, 3.05) is 5.43 Å². The Kier molecular flexibility index (Phi) is 3.20. The second-order valence-corrected chi connectivity index (χ2v) is 3.26. The van der Waals surface area contributed by atoms with Gasteiger partial charge in [0.2, 0.25) is 5.78 Å². The summed E-state index contributed by atoms with van der Waals surface area (Å²) in [6.45, 7) is 0. The van der Waals surface area contributed by atoms with E-state index in [4.69, 9.17) is 4.42 Å². The second-order valence-electron chi connectivity index (χ2n) is 3.26. The molecule has 0 atom stereocenters. The van der Waals surface area contributed by atoms with Crippen LogP contribution in [0.15, 0.2) is 52.2 Å². The average molecular weight is 230 g/mol. The summed E-state index contributed by atoms with van der Waals surface area (Å²) in [5.41, 5.74) is 3.22. The number of Topliss-reactive ketones (excluding diaryl/α,β-unsaturated/α-hetero) is 1. The second kappa shape index (κ2) is 4.98. The number of ketones is 1. The number of carbonyl (C=O) groups excluding carboxylic acids is 1. The molecule has 0 amide bonds. The maximum Gasteiger partial charge on any atom is 0.240 e. The third-order valence-electron chi connectivity index (χ3n) is 1.99. The van der Waals surface area contributed by atoms with Crippen molar-refractivity contribution in [1.29, 1.82) is 0 Å². The standard InChI is InChI=1S/C12H10N2O3/c15-10-4-1-3-9(7-10)14-13-8-11(16)12-5-2-6-17-12/h1-8,14-15H. The third-order valence-corrected chi connectivity index (χ3v) is 1.99. The lowest BCUT2D eigenvalue weighted by Gasteiger charge is -1.99. The number of aromatic hydroxyl groups is 1. The summed E-state index contributed by atoms with van der Waals surface area (Å²) in [6, 6.07) is 9.61. The van der Waals surface area contributed by atoms with Crippen LogP contribution in [0.2, 0.25) is 0 Å². The molecule has 2 rings (SSSR count). The van der Waals surface area contributed by atoms with Crippen molar-refractivity contribution in [3.05, 3.63) is 48.4 Å². The van der Waals surface area contributed by atoms with Crippen molar-refractivity contribution in [2.24, 2.45) is 5.10 Å². The van der Waals surface area contributed by atoms with Crippen LogP contribution < -0.4 is 5.43 Å². The number of hydrazone groups is 1. The highest BCUT2D eigenvalue weighted by Crippen LogP contribution is 2.14. The Bertz CT molecular complexity index is 532. The van der Waals surface area contributed by atoms with E-state index in [9.17, 15) is 9.90 Å². The highest BCUT2D eigenvalue weighted by atomic mass is 16.3. The van der Waals surface area contributed by atoms with Gasteiger partial charge in [-0.3, -0.25) is 10.2 Å². The smallest absolute Gasteiger partial charge is 0.240 e. The molecule has 0 spiro atoms. The molecule has 1 aromatic carbocycles. The van der Waals surface area contributed by atoms with E-state index in [0.29, 0.717) is 5.69 Å². The lowest BCUT2D eigenvalue weighted by atomic mass is 10.3. The lowest BCUT2D eigenvalue weighted by molar-refractivity contribution is 0.104. The van der Waals surface area contributed by atoms with E-state index in [-0.39, 0.29) is 17.3 Å². The van der Waals surface area contributed by atoms with Crippen LogP contribution in [0.1, 0.15) is 10.6 Å². The molecule has 1 aromatic heterocycles. The van der Waals surface area contributed by atoms with Gasteiger partial charge in [-0.05, 0) is 24.3 Å². The predicted molar refractivity (Wildman–Crippen MR) is 63.3 cm³/mol. The van der Waals surface area contributed by atoms with Crippen LogP contribution in [0.25, 0.3) is 0 Å². The summed E-state index contributed by atoms with van der Waals surface area (Å²) >= 11 is 0. The number of phenols is 1. The van der Waals surface area contributed by atoms with Crippen molar-refractivity contribution < 1.29 is 14.3 Å². The monoisotopic (exact) mass is 230 g/mol. The van der Waals surface area contributed by atoms with E-state index >= 15 is 0 Å². The third kappa shape index (κ3) is 2.94. The van der Waals surface area contributed by atoms with Crippen molar-refractivity contribution >= 4 is 17.7 Å². The van der Waals surface area contributed by atoms with Gasteiger partial charge in [0.05, 0.1) is 18.2 Å². The first-order valence-electron chi connectivity index (χ1n) is 4.91. The summed E-state index contributed by atoms with van der Waals surface area (Å²) in [6.07, 6.45) is 2.53. The van der Waals surface area contributed by atoms with Crippen LogP contribution in [-0.2, 0) is 0 Å². The van der Waals surface area contributed by atoms with Crippen molar-refractivity contribution in [3.8, 4) is 5.75 Å². The SMILES string of the molecule is O=C(C=NNc1cccc(O)c1)c1ccco1. The first-order chi connectivity index (χ1) is 8.25. The molecule has 2 aromatic rings. The molecule has 17 heavy (non-hydrogen) atoms. The number of anilines is 1. The minimum Gasteiger partial charge on any atom is -0.508 e. The highest BCUT2D eigenvalue weighted by Gasteiger charge is 2.04. The van der Waals surface area contributed by atoms with Gasteiger partial charge in [0.1, 0.15) is 5.75 Å². The Hall–Kier alpha value is -2.56. The van der Waals surface area contributed by atoms with Gasteiger partial charge in [-0.1, -0.05) is 6.07 Å². The summed E-state index contributed by atoms with van der Waals surface area (Å²) in [5, 5.41) is 12.9. The van der Waals surface area contributed by atoms with Gasteiger partial charge in [-0.25, -0.2) is 0 Å². The molecule has 5 heteroatoms. The van der Waals surface area contributed by atoms with E-state index < -0.39 is 0 Å². The van der Waals surface area contributed by atoms with Crippen LogP contribution in [0.5, 0.6) is 5.75 Å². The number of benzene rings is 1. The Morgan fingerprint density at radius 2 is 2.24 bits per heavy atom. The summed E-state index contributed by atoms with van der Waals surface area (Å²) < 4.78 is 4.91. The van der Waals surface area contributed by atoms with Gasteiger partial charge in [0, 0.05) is 6.07 Å². The molecule has 0 saturated heterocycles. The molecule has 1 heterocycles. The first kappa shape index (κ1) is 10.9. The number of hydrogen-bond donors (Lipinski definition) is 2. The first-order valence-corrected chi connectivity index (χ1v) is 4.91. The van der Waals surface area contributed by atoms with E-state index in [2.05, 4.69) is 10.5 Å². The van der Waals surface area contributed by atoms with Gasteiger partial charge in [0.25, 0.3) is 0 Å². The van der Waals surface area contributed by atoms with Crippen LogP contribution in [0.4, 0.5) is 5.69 Å². The highest BCUT2D eigenvalue weighted by molar-refractivity contribution is 6.34. The molecule has 2 N–H and O–H groups in total. The Labute approximate surface area is 97.4 Å². The quantitative estimate of drug-likeness (QED) is 0.480. The summed E-state index contributed by atoms with van der Waals surface area (Å²) in [4.78, 5) is 11.4. The Morgan fingerprint density at radius 3 is 2.94 bits per heavy atom. The molecule has 0 saturated carbocycles. The van der Waals surface area contributed by atoms with Gasteiger partial charge in [-0.15, -0.1) is 0 Å². The normalized spacial score (nSPS) is 10.6. The minimum absolute atomic E-state index is 0.127. The van der Waals surface area contributed by atoms with E-state index in [1.54, 1.807) is 30.3 Å². The average Bonchev–Trinajstić information content (AvgIpc) is 2.82. The van der Waals surface area contributed by atoms with E-state index in [1.165, 1.54) is 12.3 Å². The fourth-order valence-corrected chi connectivity index (χ4v) is 1.22. The zero-order valence-electron chi connectivity index (χ0n) is 8.83. The number of rotatable bonds is 4. The van der Waals surface area contributed by atoms with Crippen molar-refractivity contribution in [3.63, 3.8) is 0 Å². The minimum atomic E-state index is -0.331. The molecule has 0 bridgehead atoms. The number of carbonyl (C=O) groups is 1. The maximum absolute atomic E-state index is 11.4. The molecule has 0 fully saturated rings.